The molecule has 0 saturated heterocycles. The van der Waals surface area contributed by atoms with Crippen LogP contribution in [0.25, 0.3) is 0 Å². The lowest BCUT2D eigenvalue weighted by molar-refractivity contribution is -0.137. The summed E-state index contributed by atoms with van der Waals surface area (Å²) in [6, 6.07) is 0. The monoisotopic (exact) mass is 633 g/mol. The number of unbranched alkanes of at least 4 members (excludes halogenated alkanes) is 22. The van der Waals surface area contributed by atoms with Crippen LogP contribution in [0, 0.1) is 0 Å². The molecule has 0 bridgehead atoms. The standard InChI is InChI=1S/C22H42N2O.C18H34O2/c1-2-3-4-5-6-7-8-9-10-11-12-13-14-15-16-17-22-23-18-19-24(22)20-21-25;1-2-3-4-5-6-7-8-9-10-11-12-13-14-15-16-17-18(19)20/h9-10,25H,2-8,11-21H2,1H3;9-10H,2-8,11-17H2,1H3,(H,19,20). The quantitative estimate of drug-likeness (QED) is 0.0571. The van der Waals surface area contributed by atoms with E-state index in [1.54, 1.807) is 0 Å². The Morgan fingerprint density at radius 3 is 1.44 bits per heavy atom. The van der Waals surface area contributed by atoms with E-state index in [1.165, 1.54) is 160 Å². The molecule has 0 atom stereocenters. The predicted octanol–water partition coefficient (Wildman–Crippen LogP) is 11.8. The lowest BCUT2D eigenvalue weighted by Gasteiger charge is -2.18. The van der Waals surface area contributed by atoms with E-state index in [0.717, 1.165) is 38.9 Å². The third-order valence-electron chi connectivity index (χ3n) is 8.71. The maximum Gasteiger partial charge on any atom is 0.303 e. The summed E-state index contributed by atoms with van der Waals surface area (Å²) in [6.07, 6.45) is 44.6. The van der Waals surface area contributed by atoms with Gasteiger partial charge >= 0.3 is 5.97 Å². The van der Waals surface area contributed by atoms with Crippen molar-refractivity contribution in [2.45, 2.75) is 194 Å². The fourth-order valence-corrected chi connectivity index (χ4v) is 5.83. The smallest absolute Gasteiger partial charge is 0.303 e. The topological polar surface area (TPSA) is 73.1 Å². The van der Waals surface area contributed by atoms with Gasteiger partial charge in [-0.2, -0.15) is 0 Å². The number of β-amino-alcohol motifs (C(OH)–C–C–N with tert-alkyl or cyclic N) is 1. The highest BCUT2D eigenvalue weighted by Crippen LogP contribution is 2.13. The van der Waals surface area contributed by atoms with E-state index in [4.69, 9.17) is 10.2 Å². The molecule has 264 valence electrons. The zero-order chi connectivity index (χ0) is 32.9. The number of aliphatic hydroxyl groups is 1. The second kappa shape index (κ2) is 36.8. The Morgan fingerprint density at radius 1 is 0.622 bits per heavy atom. The molecule has 5 heteroatoms. The van der Waals surface area contributed by atoms with Gasteiger partial charge in [0, 0.05) is 25.9 Å². The third-order valence-corrected chi connectivity index (χ3v) is 8.71. The molecule has 2 N–H and O–H groups in total. The maximum atomic E-state index is 10.3. The number of hydrogen-bond acceptors (Lipinski definition) is 4. The molecular formula is C40H76N2O3. The molecule has 0 saturated carbocycles. The van der Waals surface area contributed by atoms with Gasteiger partial charge in [0.15, 0.2) is 0 Å². The number of carboxylic acids is 1. The van der Waals surface area contributed by atoms with Gasteiger partial charge in [0.1, 0.15) is 0 Å². The van der Waals surface area contributed by atoms with Gasteiger partial charge in [-0.05, 0) is 64.2 Å². The lowest BCUT2D eigenvalue weighted by atomic mass is 10.1. The molecule has 45 heavy (non-hydrogen) atoms. The van der Waals surface area contributed by atoms with Gasteiger partial charge in [0.05, 0.1) is 19.0 Å². The van der Waals surface area contributed by atoms with Crippen molar-refractivity contribution in [2.75, 3.05) is 26.2 Å². The van der Waals surface area contributed by atoms with Crippen LogP contribution in [0.2, 0.25) is 0 Å². The van der Waals surface area contributed by atoms with Gasteiger partial charge in [0.25, 0.3) is 0 Å². The van der Waals surface area contributed by atoms with E-state index in [1.807, 2.05) is 0 Å². The van der Waals surface area contributed by atoms with Crippen LogP contribution in [0.1, 0.15) is 194 Å². The Balaban J connectivity index is 0.000000884. The largest absolute Gasteiger partial charge is 0.481 e. The summed E-state index contributed by atoms with van der Waals surface area (Å²) in [5, 5.41) is 17.6. The molecule has 0 amide bonds. The summed E-state index contributed by atoms with van der Waals surface area (Å²) in [4.78, 5) is 17.1. The number of carbonyl (C=O) groups is 1. The van der Waals surface area contributed by atoms with Crippen molar-refractivity contribution in [1.29, 1.82) is 0 Å². The number of aliphatic imine (C=N–C) groups is 1. The highest BCUT2D eigenvalue weighted by atomic mass is 16.4. The number of rotatable bonds is 32. The second-order valence-electron chi connectivity index (χ2n) is 13.1. The van der Waals surface area contributed by atoms with E-state index < -0.39 is 5.97 Å². The molecule has 5 nitrogen and oxygen atoms in total. The van der Waals surface area contributed by atoms with E-state index in [0.29, 0.717) is 6.42 Å². The lowest BCUT2D eigenvalue weighted by Crippen LogP contribution is -2.30. The van der Waals surface area contributed by atoms with Crippen LogP contribution in [0.3, 0.4) is 0 Å². The molecule has 0 aromatic carbocycles. The van der Waals surface area contributed by atoms with Gasteiger partial charge in [-0.25, -0.2) is 0 Å². The van der Waals surface area contributed by atoms with Crippen molar-refractivity contribution in [3.8, 4) is 0 Å². The highest BCUT2D eigenvalue weighted by Gasteiger charge is 2.15. The van der Waals surface area contributed by atoms with Crippen LogP contribution in [-0.4, -0.2) is 53.2 Å². The van der Waals surface area contributed by atoms with Gasteiger partial charge in [-0.1, -0.05) is 141 Å². The normalized spacial score (nSPS) is 13.1. The third kappa shape index (κ3) is 33.6. The molecule has 0 aromatic rings. The van der Waals surface area contributed by atoms with E-state index in [-0.39, 0.29) is 6.61 Å². The SMILES string of the molecule is CCCCCCCCC=CCCCCCCCC(=O)O.CCCCCCCCC=CCCCCCCCC1=NCCN1CCO. The first kappa shape index (κ1) is 43.4. The van der Waals surface area contributed by atoms with Crippen molar-refractivity contribution in [3.63, 3.8) is 0 Å². The zero-order valence-electron chi connectivity index (χ0n) is 30.1. The van der Waals surface area contributed by atoms with Crippen LogP contribution in [0.15, 0.2) is 29.3 Å². The number of amidine groups is 1. The molecule has 0 radical (unpaired) electrons. The summed E-state index contributed by atoms with van der Waals surface area (Å²) in [5.74, 6) is 0.564. The van der Waals surface area contributed by atoms with Gasteiger partial charge in [0.2, 0.25) is 0 Å². The molecule has 0 unspecified atom stereocenters. The molecule has 0 aromatic heterocycles. The fourth-order valence-electron chi connectivity index (χ4n) is 5.83. The highest BCUT2D eigenvalue weighted by molar-refractivity contribution is 5.83. The Kier molecular flexibility index (Phi) is 35.5. The van der Waals surface area contributed by atoms with Crippen LogP contribution in [0.4, 0.5) is 0 Å². The summed E-state index contributed by atoms with van der Waals surface area (Å²) in [5.41, 5.74) is 0. The van der Waals surface area contributed by atoms with Crippen molar-refractivity contribution < 1.29 is 15.0 Å². The minimum absolute atomic E-state index is 0.241. The number of allylic oxidation sites excluding steroid dienone is 4. The number of aliphatic carboxylic acids is 1. The molecule has 1 rings (SSSR count). The van der Waals surface area contributed by atoms with Gasteiger partial charge in [-0.15, -0.1) is 0 Å². The molecular weight excluding hydrogens is 556 g/mol. The number of carboxylic acid groups (broad SMARTS) is 1. The minimum Gasteiger partial charge on any atom is -0.481 e. The number of nitrogens with zero attached hydrogens (tertiary/aromatic N) is 2. The van der Waals surface area contributed by atoms with Crippen LogP contribution < -0.4 is 0 Å². The first-order valence-corrected chi connectivity index (χ1v) is 19.6. The molecule has 0 aliphatic carbocycles. The van der Waals surface area contributed by atoms with Crippen LogP contribution >= 0.6 is 0 Å². The van der Waals surface area contributed by atoms with Crippen molar-refractivity contribution in [3.05, 3.63) is 24.3 Å². The zero-order valence-corrected chi connectivity index (χ0v) is 30.1. The number of hydrogen-bond donors (Lipinski definition) is 2. The summed E-state index contributed by atoms with van der Waals surface area (Å²) in [6.45, 7) is 7.45. The Hall–Kier alpha value is -1.62. The minimum atomic E-state index is -0.664. The maximum absolute atomic E-state index is 10.3. The summed E-state index contributed by atoms with van der Waals surface area (Å²) < 4.78 is 0. The molecule has 1 aliphatic rings. The summed E-state index contributed by atoms with van der Waals surface area (Å²) in [7, 11) is 0. The molecule has 1 aliphatic heterocycles. The van der Waals surface area contributed by atoms with Crippen molar-refractivity contribution >= 4 is 11.8 Å². The summed E-state index contributed by atoms with van der Waals surface area (Å²) >= 11 is 0. The van der Waals surface area contributed by atoms with E-state index >= 15 is 0 Å². The van der Waals surface area contributed by atoms with Gasteiger partial charge < -0.3 is 15.1 Å². The Bertz CT molecular complexity index is 704. The van der Waals surface area contributed by atoms with Gasteiger partial charge in [-0.3, -0.25) is 9.79 Å². The first-order chi connectivity index (χ1) is 22.2. The van der Waals surface area contributed by atoms with Crippen molar-refractivity contribution in [1.82, 2.24) is 4.90 Å². The Labute approximate surface area is 280 Å². The Morgan fingerprint density at radius 2 is 1.02 bits per heavy atom. The van der Waals surface area contributed by atoms with E-state index in [2.05, 4.69) is 48.0 Å². The number of aliphatic hydroxyl groups excluding tert-OH is 1. The van der Waals surface area contributed by atoms with Crippen LogP contribution in [0.5, 0.6) is 0 Å². The molecule has 0 spiro atoms. The average Bonchev–Trinajstić information content (AvgIpc) is 3.48. The first-order valence-electron chi connectivity index (χ1n) is 19.6. The second-order valence-corrected chi connectivity index (χ2v) is 13.1. The average molecular weight is 633 g/mol. The predicted molar refractivity (Wildman–Crippen MR) is 198 cm³/mol. The van der Waals surface area contributed by atoms with Crippen LogP contribution in [-0.2, 0) is 4.79 Å². The fraction of sp³-hybridized carbons (Fsp3) is 0.850. The molecule has 1 heterocycles. The van der Waals surface area contributed by atoms with Crippen molar-refractivity contribution in [2.24, 2.45) is 4.99 Å². The molecule has 0 fully saturated rings. The van der Waals surface area contributed by atoms with E-state index in [9.17, 15) is 4.79 Å².